The van der Waals surface area contributed by atoms with Crippen LogP contribution in [0.5, 0.6) is 0 Å². The molecule has 1 aliphatic heterocycles. The van der Waals surface area contributed by atoms with Crippen LogP contribution in [0.15, 0.2) is 42.7 Å². The molecule has 108 valence electrons. The lowest BCUT2D eigenvalue weighted by Gasteiger charge is -2.39. The summed E-state index contributed by atoms with van der Waals surface area (Å²) in [6.45, 7) is 1.14. The van der Waals surface area contributed by atoms with Gasteiger partial charge in [0.05, 0.1) is 5.69 Å². The predicted molar refractivity (Wildman–Crippen MR) is 73.9 cm³/mol. The lowest BCUT2D eigenvalue weighted by Crippen LogP contribution is -2.50. The molecule has 0 spiro atoms. The average Bonchev–Trinajstić information content (AvgIpc) is 2.41. The van der Waals surface area contributed by atoms with Crippen LogP contribution < -0.4 is 5.32 Å². The van der Waals surface area contributed by atoms with Gasteiger partial charge < -0.3 is 10.2 Å². The van der Waals surface area contributed by atoms with Crippen molar-refractivity contribution in [2.24, 2.45) is 0 Å². The maximum Gasteiger partial charge on any atom is 0.321 e. The van der Waals surface area contributed by atoms with E-state index < -0.39 is 11.6 Å². The van der Waals surface area contributed by atoms with Crippen LogP contribution in [0.3, 0.4) is 0 Å². The van der Waals surface area contributed by atoms with Gasteiger partial charge in [-0.1, -0.05) is 0 Å². The summed E-state index contributed by atoms with van der Waals surface area (Å²) < 4.78 is 26.2. The molecule has 6 heteroatoms. The first-order valence-electron chi connectivity index (χ1n) is 6.54. The molecule has 0 bridgehead atoms. The van der Waals surface area contributed by atoms with Gasteiger partial charge >= 0.3 is 6.03 Å². The molecule has 2 heterocycles. The van der Waals surface area contributed by atoms with Gasteiger partial charge in [-0.15, -0.1) is 0 Å². The van der Waals surface area contributed by atoms with E-state index in [-0.39, 0.29) is 17.6 Å². The van der Waals surface area contributed by atoms with E-state index in [0.29, 0.717) is 13.1 Å². The van der Waals surface area contributed by atoms with Gasteiger partial charge in [0, 0.05) is 37.5 Å². The highest BCUT2D eigenvalue weighted by Crippen LogP contribution is 2.27. The maximum absolute atomic E-state index is 13.5. The van der Waals surface area contributed by atoms with Crippen molar-refractivity contribution in [3.05, 3.63) is 59.9 Å². The second-order valence-electron chi connectivity index (χ2n) is 4.94. The van der Waals surface area contributed by atoms with Crippen molar-refractivity contribution in [1.29, 1.82) is 0 Å². The summed E-state index contributed by atoms with van der Waals surface area (Å²) in [5, 5.41) is 2.44. The van der Waals surface area contributed by atoms with E-state index in [1.54, 1.807) is 17.3 Å². The highest BCUT2D eigenvalue weighted by molar-refractivity contribution is 5.90. The third-order valence-electron chi connectivity index (χ3n) is 3.52. The molecule has 1 aliphatic rings. The third-order valence-corrected chi connectivity index (χ3v) is 3.52. The van der Waals surface area contributed by atoms with Crippen LogP contribution >= 0.6 is 0 Å². The number of benzene rings is 1. The van der Waals surface area contributed by atoms with Gasteiger partial charge in [0.2, 0.25) is 0 Å². The quantitative estimate of drug-likeness (QED) is 0.923. The smallest absolute Gasteiger partial charge is 0.321 e. The Morgan fingerprint density at radius 3 is 2.57 bits per heavy atom. The molecule has 0 aliphatic carbocycles. The Hall–Kier alpha value is -2.50. The van der Waals surface area contributed by atoms with Crippen molar-refractivity contribution >= 4 is 11.7 Å². The number of carbonyl (C=O) groups excluding carboxylic acids is 1. The highest BCUT2D eigenvalue weighted by atomic mass is 19.1. The summed E-state index contributed by atoms with van der Waals surface area (Å²) in [4.78, 5) is 17.5. The van der Waals surface area contributed by atoms with Crippen LogP contribution in [0, 0.1) is 11.6 Å². The standard InChI is InChI=1S/C15H13F2N3O/c16-12-1-2-14(13(17)7-12)19-15(21)20-8-11(9-20)10-3-5-18-6-4-10/h1-7,11H,8-9H2,(H,19,21). The van der Waals surface area contributed by atoms with Crippen LogP contribution in [0.25, 0.3) is 0 Å². The van der Waals surface area contributed by atoms with Crippen LogP contribution in [0.1, 0.15) is 11.5 Å². The van der Waals surface area contributed by atoms with Gasteiger partial charge in [0.1, 0.15) is 11.6 Å². The Balaban J connectivity index is 1.58. The summed E-state index contributed by atoms with van der Waals surface area (Å²) in [5.41, 5.74) is 1.11. The molecule has 3 rings (SSSR count). The van der Waals surface area contributed by atoms with Gasteiger partial charge in [-0.05, 0) is 29.8 Å². The van der Waals surface area contributed by atoms with E-state index in [0.717, 1.165) is 17.7 Å². The lowest BCUT2D eigenvalue weighted by atomic mass is 9.93. The molecule has 2 aromatic rings. The topological polar surface area (TPSA) is 45.2 Å². The summed E-state index contributed by atoms with van der Waals surface area (Å²) in [5.74, 6) is -1.18. The second kappa shape index (κ2) is 5.47. The molecule has 1 N–H and O–H groups in total. The number of likely N-dealkylation sites (tertiary alicyclic amines) is 1. The van der Waals surface area contributed by atoms with Crippen molar-refractivity contribution in [3.63, 3.8) is 0 Å². The minimum atomic E-state index is -0.783. The first-order chi connectivity index (χ1) is 10.1. The summed E-state index contributed by atoms with van der Waals surface area (Å²) in [6, 6.07) is 6.51. The normalized spacial score (nSPS) is 14.7. The Kier molecular flexibility index (Phi) is 3.51. The Morgan fingerprint density at radius 2 is 1.90 bits per heavy atom. The minimum Gasteiger partial charge on any atom is -0.323 e. The number of hydrogen-bond acceptors (Lipinski definition) is 2. The average molecular weight is 289 g/mol. The number of hydrogen-bond donors (Lipinski definition) is 1. The van der Waals surface area contributed by atoms with Crippen LogP contribution in [-0.2, 0) is 0 Å². The zero-order valence-corrected chi connectivity index (χ0v) is 11.1. The number of nitrogens with zero attached hydrogens (tertiary/aromatic N) is 2. The number of anilines is 1. The molecule has 1 aromatic carbocycles. The van der Waals surface area contributed by atoms with Crippen LogP contribution in [0.4, 0.5) is 19.3 Å². The SMILES string of the molecule is O=C(Nc1ccc(F)cc1F)N1CC(c2ccncc2)C1. The molecule has 21 heavy (non-hydrogen) atoms. The van der Waals surface area contributed by atoms with Crippen molar-refractivity contribution in [3.8, 4) is 0 Å². The molecule has 0 radical (unpaired) electrons. The zero-order chi connectivity index (χ0) is 14.8. The van der Waals surface area contributed by atoms with E-state index in [1.807, 2.05) is 12.1 Å². The van der Waals surface area contributed by atoms with Crippen molar-refractivity contribution in [1.82, 2.24) is 9.88 Å². The van der Waals surface area contributed by atoms with Gasteiger partial charge in [0.25, 0.3) is 0 Å². The molecule has 0 unspecified atom stereocenters. The van der Waals surface area contributed by atoms with E-state index in [1.165, 1.54) is 6.07 Å². The molecule has 2 amide bonds. The number of carbonyl (C=O) groups is 1. The van der Waals surface area contributed by atoms with Crippen molar-refractivity contribution in [2.45, 2.75) is 5.92 Å². The third kappa shape index (κ3) is 2.84. The Morgan fingerprint density at radius 1 is 1.19 bits per heavy atom. The fourth-order valence-corrected chi connectivity index (χ4v) is 2.28. The number of amides is 2. The molecular weight excluding hydrogens is 276 g/mol. The van der Waals surface area contributed by atoms with Crippen molar-refractivity contribution < 1.29 is 13.6 Å². The minimum absolute atomic E-state index is 0.0197. The molecule has 1 saturated heterocycles. The van der Waals surface area contributed by atoms with Gasteiger partial charge in [-0.25, -0.2) is 13.6 Å². The first kappa shape index (κ1) is 13.5. The van der Waals surface area contributed by atoms with Gasteiger partial charge in [0.15, 0.2) is 0 Å². The van der Waals surface area contributed by atoms with Crippen LogP contribution in [0.2, 0.25) is 0 Å². The fraction of sp³-hybridized carbons (Fsp3) is 0.200. The molecule has 0 saturated carbocycles. The molecular formula is C15H13F2N3O. The monoisotopic (exact) mass is 289 g/mol. The molecule has 1 aromatic heterocycles. The molecule has 0 atom stereocenters. The summed E-state index contributed by atoms with van der Waals surface area (Å²) in [6.07, 6.45) is 3.43. The number of aromatic nitrogens is 1. The Labute approximate surface area is 120 Å². The van der Waals surface area contributed by atoms with Gasteiger partial charge in [-0.2, -0.15) is 0 Å². The maximum atomic E-state index is 13.5. The first-order valence-corrected chi connectivity index (χ1v) is 6.54. The number of halogens is 2. The lowest BCUT2D eigenvalue weighted by molar-refractivity contribution is 0.164. The Bertz CT molecular complexity index is 657. The van der Waals surface area contributed by atoms with E-state index in [4.69, 9.17) is 0 Å². The number of pyridine rings is 1. The largest absolute Gasteiger partial charge is 0.323 e. The number of nitrogens with one attached hydrogen (secondary N) is 1. The summed E-state index contributed by atoms with van der Waals surface area (Å²) in [7, 11) is 0. The number of rotatable bonds is 2. The second-order valence-corrected chi connectivity index (χ2v) is 4.94. The number of urea groups is 1. The van der Waals surface area contributed by atoms with E-state index >= 15 is 0 Å². The molecule has 1 fully saturated rings. The fourth-order valence-electron chi connectivity index (χ4n) is 2.28. The highest BCUT2D eigenvalue weighted by Gasteiger charge is 2.31. The zero-order valence-electron chi connectivity index (χ0n) is 11.1. The molecule has 4 nitrogen and oxygen atoms in total. The predicted octanol–water partition coefficient (Wildman–Crippen LogP) is 2.99. The summed E-state index contributed by atoms with van der Waals surface area (Å²) >= 11 is 0. The van der Waals surface area contributed by atoms with E-state index in [9.17, 15) is 13.6 Å². The van der Waals surface area contributed by atoms with Crippen LogP contribution in [-0.4, -0.2) is 29.0 Å². The van der Waals surface area contributed by atoms with Gasteiger partial charge in [-0.3, -0.25) is 4.98 Å². The van der Waals surface area contributed by atoms with Crippen molar-refractivity contribution in [2.75, 3.05) is 18.4 Å². The van der Waals surface area contributed by atoms with E-state index in [2.05, 4.69) is 10.3 Å².